The van der Waals surface area contributed by atoms with Crippen molar-refractivity contribution in [3.05, 3.63) is 69.3 Å². The number of methoxy groups -OCH3 is 1. The molecule has 2 aromatic rings. The molecule has 0 aromatic heterocycles. The van der Waals surface area contributed by atoms with Gasteiger partial charge in [-0.1, -0.05) is 42.5 Å². The van der Waals surface area contributed by atoms with Gasteiger partial charge in [0.2, 0.25) is 5.91 Å². The molecule has 2 atom stereocenters. The summed E-state index contributed by atoms with van der Waals surface area (Å²) in [5.74, 6) is -0.904. The number of carbonyl (C=O) groups is 3. The van der Waals surface area contributed by atoms with Gasteiger partial charge in [0.15, 0.2) is 0 Å². The number of rotatable bonds is 7. The number of halogens is 1. The summed E-state index contributed by atoms with van der Waals surface area (Å²) in [6, 6.07) is 15.6. The zero-order chi connectivity index (χ0) is 22.2. The largest absolute Gasteiger partial charge is 0.467 e. The lowest BCUT2D eigenvalue weighted by Crippen LogP contribution is -2.51. The Balaban J connectivity index is 1.63. The summed E-state index contributed by atoms with van der Waals surface area (Å²) < 4.78 is 11.3. The highest BCUT2D eigenvalue weighted by Gasteiger charge is 2.37. The summed E-state index contributed by atoms with van der Waals surface area (Å²) in [7, 11) is 1.29. The van der Waals surface area contributed by atoms with E-state index in [0.717, 1.165) is 14.7 Å². The minimum absolute atomic E-state index is 0.141. The zero-order valence-corrected chi connectivity index (χ0v) is 19.4. The molecule has 0 spiro atoms. The quantitative estimate of drug-likeness (QED) is 0.434. The van der Waals surface area contributed by atoms with Crippen LogP contribution in [-0.4, -0.2) is 48.6 Å². The van der Waals surface area contributed by atoms with Crippen LogP contribution in [0.15, 0.2) is 54.6 Å². The van der Waals surface area contributed by atoms with Crippen molar-refractivity contribution in [1.29, 1.82) is 0 Å². The SMILES string of the molecule is COC(=O)[C@H](Cc1cccc(I)c1)NC(=O)[C@H]1CCCN1C(=O)OCc1ccccc1. The average Bonchev–Trinajstić information content (AvgIpc) is 3.27. The summed E-state index contributed by atoms with van der Waals surface area (Å²) in [5, 5.41) is 2.77. The number of esters is 1. The number of likely N-dealkylation sites (tertiary alicyclic amines) is 1. The zero-order valence-electron chi connectivity index (χ0n) is 17.3. The predicted molar refractivity (Wildman–Crippen MR) is 123 cm³/mol. The van der Waals surface area contributed by atoms with Crippen LogP contribution in [0, 0.1) is 3.57 Å². The molecule has 0 radical (unpaired) electrons. The van der Waals surface area contributed by atoms with E-state index >= 15 is 0 Å². The van der Waals surface area contributed by atoms with Gasteiger partial charge in [0, 0.05) is 16.5 Å². The highest BCUT2D eigenvalue weighted by Crippen LogP contribution is 2.20. The van der Waals surface area contributed by atoms with Crippen LogP contribution >= 0.6 is 22.6 Å². The fraction of sp³-hybridized carbons (Fsp3) is 0.348. The number of hydrogen-bond acceptors (Lipinski definition) is 5. The number of nitrogens with one attached hydrogen (secondary N) is 1. The van der Waals surface area contributed by atoms with Crippen LogP contribution in [0.1, 0.15) is 24.0 Å². The molecule has 1 fully saturated rings. The Kier molecular flexibility index (Phi) is 8.27. The van der Waals surface area contributed by atoms with E-state index in [1.807, 2.05) is 54.6 Å². The lowest BCUT2D eigenvalue weighted by Gasteiger charge is -2.25. The van der Waals surface area contributed by atoms with Crippen LogP contribution in [-0.2, 0) is 32.1 Å². The Morgan fingerprint density at radius 2 is 1.87 bits per heavy atom. The average molecular weight is 536 g/mol. The lowest BCUT2D eigenvalue weighted by molar-refractivity contribution is -0.145. The summed E-state index contributed by atoms with van der Waals surface area (Å²) in [6.45, 7) is 0.577. The number of hydrogen-bond donors (Lipinski definition) is 1. The molecule has 0 saturated carbocycles. The van der Waals surface area contributed by atoms with Gasteiger partial charge in [-0.05, 0) is 58.7 Å². The van der Waals surface area contributed by atoms with Gasteiger partial charge < -0.3 is 14.8 Å². The van der Waals surface area contributed by atoms with Crippen molar-refractivity contribution in [1.82, 2.24) is 10.2 Å². The van der Waals surface area contributed by atoms with Gasteiger partial charge in [-0.15, -0.1) is 0 Å². The van der Waals surface area contributed by atoms with Crippen molar-refractivity contribution in [3.63, 3.8) is 0 Å². The van der Waals surface area contributed by atoms with E-state index in [9.17, 15) is 14.4 Å². The maximum Gasteiger partial charge on any atom is 0.410 e. The fourth-order valence-corrected chi connectivity index (χ4v) is 4.17. The van der Waals surface area contributed by atoms with Crippen molar-refractivity contribution < 1.29 is 23.9 Å². The second kappa shape index (κ2) is 11.1. The Labute approximate surface area is 195 Å². The van der Waals surface area contributed by atoms with Gasteiger partial charge >= 0.3 is 12.1 Å². The van der Waals surface area contributed by atoms with Crippen molar-refractivity contribution in [2.75, 3.05) is 13.7 Å². The van der Waals surface area contributed by atoms with Crippen molar-refractivity contribution in [3.8, 4) is 0 Å². The van der Waals surface area contributed by atoms with Gasteiger partial charge in [0.1, 0.15) is 18.7 Å². The molecule has 3 rings (SSSR count). The van der Waals surface area contributed by atoms with Crippen LogP contribution in [0.2, 0.25) is 0 Å². The second-order valence-electron chi connectivity index (χ2n) is 7.31. The summed E-state index contributed by atoms with van der Waals surface area (Å²) in [5.41, 5.74) is 1.78. The Morgan fingerprint density at radius 3 is 2.58 bits per heavy atom. The first-order valence-electron chi connectivity index (χ1n) is 10.1. The van der Waals surface area contributed by atoms with Crippen LogP contribution in [0.4, 0.5) is 4.79 Å². The van der Waals surface area contributed by atoms with Gasteiger partial charge in [0.25, 0.3) is 0 Å². The highest BCUT2D eigenvalue weighted by molar-refractivity contribution is 14.1. The van der Waals surface area contributed by atoms with E-state index < -0.39 is 24.1 Å². The van der Waals surface area contributed by atoms with E-state index in [2.05, 4.69) is 27.9 Å². The van der Waals surface area contributed by atoms with Crippen molar-refractivity contribution in [2.24, 2.45) is 0 Å². The smallest absolute Gasteiger partial charge is 0.410 e. The van der Waals surface area contributed by atoms with E-state index in [-0.39, 0.29) is 12.5 Å². The molecular weight excluding hydrogens is 511 g/mol. The first-order valence-corrected chi connectivity index (χ1v) is 11.2. The maximum atomic E-state index is 13.0. The number of benzene rings is 2. The normalized spacial score (nSPS) is 16.5. The van der Waals surface area contributed by atoms with E-state index in [0.29, 0.717) is 25.8 Å². The third kappa shape index (κ3) is 6.43. The number of amides is 2. The van der Waals surface area contributed by atoms with Gasteiger partial charge in [-0.25, -0.2) is 9.59 Å². The van der Waals surface area contributed by atoms with E-state index in [4.69, 9.17) is 9.47 Å². The third-order valence-electron chi connectivity index (χ3n) is 5.13. The topological polar surface area (TPSA) is 84.9 Å². The van der Waals surface area contributed by atoms with Gasteiger partial charge in [-0.3, -0.25) is 9.69 Å². The molecule has 164 valence electrons. The Hall–Kier alpha value is -2.62. The first-order chi connectivity index (χ1) is 15.0. The van der Waals surface area contributed by atoms with E-state index in [1.54, 1.807) is 0 Å². The molecular formula is C23H25IN2O5. The van der Waals surface area contributed by atoms with Crippen LogP contribution in [0.3, 0.4) is 0 Å². The minimum atomic E-state index is -0.835. The van der Waals surface area contributed by atoms with Crippen molar-refractivity contribution >= 4 is 40.6 Å². The Morgan fingerprint density at radius 1 is 1.13 bits per heavy atom. The standard InChI is InChI=1S/C23H25IN2O5/c1-30-22(28)19(14-17-9-5-10-18(24)13-17)25-21(27)20-11-6-12-26(20)23(29)31-15-16-7-3-2-4-8-16/h2-5,7-10,13,19-20H,6,11-12,14-15H2,1H3,(H,25,27)/t19-,20+/m0/s1. The molecule has 0 unspecified atom stereocenters. The number of carbonyl (C=O) groups excluding carboxylic acids is 3. The van der Waals surface area contributed by atoms with Crippen LogP contribution in [0.25, 0.3) is 0 Å². The molecule has 31 heavy (non-hydrogen) atoms. The molecule has 0 bridgehead atoms. The molecule has 7 nitrogen and oxygen atoms in total. The molecule has 1 aliphatic rings. The monoisotopic (exact) mass is 536 g/mol. The van der Waals surface area contributed by atoms with E-state index in [1.165, 1.54) is 12.0 Å². The molecule has 2 aromatic carbocycles. The third-order valence-corrected chi connectivity index (χ3v) is 5.80. The second-order valence-corrected chi connectivity index (χ2v) is 8.56. The number of nitrogens with zero attached hydrogens (tertiary/aromatic N) is 1. The summed E-state index contributed by atoms with van der Waals surface area (Å²) in [4.78, 5) is 39.2. The molecule has 8 heteroatoms. The summed E-state index contributed by atoms with van der Waals surface area (Å²) in [6.07, 6.45) is 0.982. The predicted octanol–water partition coefficient (Wildman–Crippen LogP) is 3.29. The first kappa shape index (κ1) is 23.1. The number of ether oxygens (including phenoxy) is 2. The van der Waals surface area contributed by atoms with Crippen LogP contribution in [0.5, 0.6) is 0 Å². The minimum Gasteiger partial charge on any atom is -0.467 e. The van der Waals surface area contributed by atoms with Gasteiger partial charge in [-0.2, -0.15) is 0 Å². The van der Waals surface area contributed by atoms with Gasteiger partial charge in [0.05, 0.1) is 7.11 Å². The Bertz CT molecular complexity index is 921. The molecule has 1 saturated heterocycles. The fourth-order valence-electron chi connectivity index (χ4n) is 3.56. The molecule has 0 aliphatic carbocycles. The maximum absolute atomic E-state index is 13.0. The van der Waals surface area contributed by atoms with Crippen molar-refractivity contribution in [2.45, 2.75) is 38.0 Å². The molecule has 1 aliphatic heterocycles. The molecule has 2 amide bonds. The molecule has 1 N–H and O–H groups in total. The highest BCUT2D eigenvalue weighted by atomic mass is 127. The lowest BCUT2D eigenvalue weighted by atomic mass is 10.1. The summed E-state index contributed by atoms with van der Waals surface area (Å²) >= 11 is 2.20. The van der Waals surface area contributed by atoms with Crippen LogP contribution < -0.4 is 5.32 Å². The molecule has 1 heterocycles.